The second kappa shape index (κ2) is 3.30. The number of Topliss-reactive ketones (excluding diaryl/α,β-unsaturated/α-hetero) is 1. The molecule has 1 N–H and O–H groups in total. The van der Waals surface area contributed by atoms with Gasteiger partial charge in [-0.3, -0.25) is 9.59 Å². The number of fused-ring (bicyclic) bond motifs is 1. The van der Waals surface area contributed by atoms with Gasteiger partial charge in [-0.1, -0.05) is 13.8 Å². The van der Waals surface area contributed by atoms with Crippen molar-refractivity contribution in [3.05, 3.63) is 32.2 Å². The number of pyridine rings is 1. The van der Waals surface area contributed by atoms with Gasteiger partial charge in [-0.15, -0.1) is 0 Å². The summed E-state index contributed by atoms with van der Waals surface area (Å²) in [4.78, 5) is 26.0. The van der Waals surface area contributed by atoms with Crippen molar-refractivity contribution in [3.8, 4) is 0 Å². The number of aromatic nitrogens is 1. The quantitative estimate of drug-likeness (QED) is 0.786. The number of nitrogens with one attached hydrogen (secondary N) is 1. The number of hydrogen-bond acceptors (Lipinski definition) is 2. The van der Waals surface area contributed by atoms with E-state index in [0.29, 0.717) is 16.5 Å². The van der Waals surface area contributed by atoms with Crippen molar-refractivity contribution < 1.29 is 4.79 Å². The third-order valence-corrected chi connectivity index (χ3v) is 3.26. The van der Waals surface area contributed by atoms with Crippen LogP contribution < -0.4 is 5.56 Å². The molecule has 0 saturated heterocycles. The lowest BCUT2D eigenvalue weighted by Gasteiger charge is -2.29. The molecule has 15 heavy (non-hydrogen) atoms. The number of carbonyl (C=O) groups excluding carboxylic acids is 1. The molecular formula is C11H12BrNO2. The lowest BCUT2D eigenvalue weighted by molar-refractivity contribution is 0.0910. The number of aromatic amines is 1. The molecule has 80 valence electrons. The minimum atomic E-state index is -0.167. The number of carbonyl (C=O) groups is 1. The van der Waals surface area contributed by atoms with Crippen molar-refractivity contribution in [1.29, 1.82) is 0 Å². The van der Waals surface area contributed by atoms with Gasteiger partial charge in [0, 0.05) is 17.7 Å². The molecule has 0 amide bonds. The van der Waals surface area contributed by atoms with Gasteiger partial charge in [-0.05, 0) is 33.8 Å². The Morgan fingerprint density at radius 1 is 1.33 bits per heavy atom. The predicted molar refractivity (Wildman–Crippen MR) is 61.2 cm³/mol. The highest BCUT2D eigenvalue weighted by molar-refractivity contribution is 9.10. The van der Waals surface area contributed by atoms with Gasteiger partial charge in [0.25, 0.3) is 5.56 Å². The van der Waals surface area contributed by atoms with E-state index in [1.807, 2.05) is 13.8 Å². The van der Waals surface area contributed by atoms with Crippen molar-refractivity contribution in [2.45, 2.75) is 26.7 Å². The number of halogens is 1. The van der Waals surface area contributed by atoms with Crippen LogP contribution in [0.4, 0.5) is 0 Å². The smallest absolute Gasteiger partial charge is 0.262 e. The lowest BCUT2D eigenvalue weighted by atomic mass is 9.76. The van der Waals surface area contributed by atoms with Crippen LogP contribution in [0, 0.1) is 5.41 Å². The average molecular weight is 270 g/mol. The van der Waals surface area contributed by atoms with E-state index in [4.69, 9.17) is 0 Å². The molecule has 3 nitrogen and oxygen atoms in total. The largest absolute Gasteiger partial charge is 0.325 e. The third-order valence-electron chi connectivity index (χ3n) is 2.67. The number of rotatable bonds is 0. The van der Waals surface area contributed by atoms with Crippen molar-refractivity contribution in [3.63, 3.8) is 0 Å². The van der Waals surface area contributed by atoms with E-state index in [9.17, 15) is 9.59 Å². The maximum Gasteiger partial charge on any atom is 0.262 e. The fourth-order valence-corrected chi connectivity index (χ4v) is 2.33. The number of ketones is 1. The van der Waals surface area contributed by atoms with Gasteiger partial charge in [0.15, 0.2) is 5.78 Å². The zero-order valence-electron chi connectivity index (χ0n) is 8.69. The van der Waals surface area contributed by atoms with Gasteiger partial charge in [-0.2, -0.15) is 0 Å². The van der Waals surface area contributed by atoms with Crippen LogP contribution in [0.3, 0.4) is 0 Å². The zero-order valence-corrected chi connectivity index (χ0v) is 10.3. The molecule has 1 aromatic rings. The minimum Gasteiger partial charge on any atom is -0.325 e. The van der Waals surface area contributed by atoms with E-state index < -0.39 is 0 Å². The van der Waals surface area contributed by atoms with Crippen LogP contribution in [-0.4, -0.2) is 10.8 Å². The summed E-state index contributed by atoms with van der Waals surface area (Å²) in [5.41, 5.74) is 1.20. The summed E-state index contributed by atoms with van der Waals surface area (Å²) in [6.07, 6.45) is 1.29. The highest BCUT2D eigenvalue weighted by Crippen LogP contribution is 2.33. The Morgan fingerprint density at radius 3 is 2.67 bits per heavy atom. The summed E-state index contributed by atoms with van der Waals surface area (Å²) in [5, 5.41) is 0. The van der Waals surface area contributed by atoms with E-state index in [2.05, 4.69) is 20.9 Å². The summed E-state index contributed by atoms with van der Waals surface area (Å²) in [7, 11) is 0. The summed E-state index contributed by atoms with van der Waals surface area (Å²) < 4.78 is 0.425. The maximum absolute atomic E-state index is 11.8. The molecule has 0 fully saturated rings. The molecule has 0 aliphatic heterocycles. The molecule has 2 rings (SSSR count). The third kappa shape index (κ3) is 1.91. The van der Waals surface area contributed by atoms with Gasteiger partial charge < -0.3 is 4.98 Å². The van der Waals surface area contributed by atoms with E-state index in [-0.39, 0.29) is 16.8 Å². The molecule has 0 aromatic carbocycles. The molecule has 0 radical (unpaired) electrons. The SMILES string of the molecule is CC1(C)CC(=O)c2cc(Br)c(=O)[nH]c2C1. The van der Waals surface area contributed by atoms with Crippen LogP contribution in [0.15, 0.2) is 15.3 Å². The number of hydrogen-bond donors (Lipinski definition) is 1. The average Bonchev–Trinajstić information content (AvgIpc) is 2.07. The van der Waals surface area contributed by atoms with Crippen molar-refractivity contribution in [2.24, 2.45) is 5.41 Å². The molecule has 0 bridgehead atoms. The molecule has 0 atom stereocenters. The standard InChI is InChI=1S/C11H12BrNO2/c1-11(2)4-8-6(9(14)5-11)3-7(12)10(15)13-8/h3H,4-5H2,1-2H3,(H,13,15). The van der Waals surface area contributed by atoms with Crippen LogP contribution in [0.2, 0.25) is 0 Å². The highest BCUT2D eigenvalue weighted by atomic mass is 79.9. The molecule has 1 aliphatic rings. The molecule has 0 spiro atoms. The van der Waals surface area contributed by atoms with E-state index in [1.54, 1.807) is 6.07 Å². The minimum absolute atomic E-state index is 0.0547. The van der Waals surface area contributed by atoms with E-state index in [1.165, 1.54) is 0 Å². The molecule has 0 saturated carbocycles. The van der Waals surface area contributed by atoms with Crippen LogP contribution >= 0.6 is 15.9 Å². The normalized spacial score (nSPS) is 18.7. The molecule has 1 aromatic heterocycles. The van der Waals surface area contributed by atoms with Gasteiger partial charge in [0.2, 0.25) is 0 Å². The fraction of sp³-hybridized carbons (Fsp3) is 0.455. The van der Waals surface area contributed by atoms with Crippen LogP contribution in [0.5, 0.6) is 0 Å². The number of H-pyrrole nitrogens is 1. The van der Waals surface area contributed by atoms with Gasteiger partial charge >= 0.3 is 0 Å². The first-order valence-electron chi connectivity index (χ1n) is 4.84. The Morgan fingerprint density at radius 2 is 2.00 bits per heavy atom. The Bertz CT molecular complexity index is 488. The summed E-state index contributed by atoms with van der Waals surface area (Å²) in [5.74, 6) is 0.109. The van der Waals surface area contributed by atoms with E-state index >= 15 is 0 Å². The van der Waals surface area contributed by atoms with Gasteiger partial charge in [-0.25, -0.2) is 0 Å². The monoisotopic (exact) mass is 269 g/mol. The van der Waals surface area contributed by atoms with Crippen LogP contribution in [-0.2, 0) is 6.42 Å². The Balaban J connectivity index is 2.61. The Labute approximate surface area is 96.0 Å². The molecule has 4 heteroatoms. The second-order valence-corrected chi connectivity index (χ2v) is 5.63. The van der Waals surface area contributed by atoms with E-state index in [0.717, 1.165) is 12.1 Å². The van der Waals surface area contributed by atoms with Crippen molar-refractivity contribution >= 4 is 21.7 Å². The van der Waals surface area contributed by atoms with Gasteiger partial charge in [0.05, 0.1) is 4.47 Å². The van der Waals surface area contributed by atoms with Crippen LogP contribution in [0.1, 0.15) is 36.3 Å². The van der Waals surface area contributed by atoms with Crippen molar-refractivity contribution in [2.75, 3.05) is 0 Å². The summed E-state index contributed by atoms with van der Waals surface area (Å²) in [6.45, 7) is 4.07. The molecule has 1 heterocycles. The lowest BCUT2D eigenvalue weighted by Crippen LogP contribution is -2.30. The molecule has 1 aliphatic carbocycles. The first-order chi connectivity index (χ1) is 6.89. The highest BCUT2D eigenvalue weighted by Gasteiger charge is 2.31. The summed E-state index contributed by atoms with van der Waals surface area (Å²) >= 11 is 3.13. The first kappa shape index (κ1) is 10.6. The van der Waals surface area contributed by atoms with Crippen LogP contribution in [0.25, 0.3) is 0 Å². The van der Waals surface area contributed by atoms with Gasteiger partial charge in [0.1, 0.15) is 0 Å². The fourth-order valence-electron chi connectivity index (χ4n) is 2.00. The predicted octanol–water partition coefficient (Wildman–Crippen LogP) is 2.29. The summed E-state index contributed by atoms with van der Waals surface area (Å²) in [6, 6.07) is 1.63. The van der Waals surface area contributed by atoms with Crippen molar-refractivity contribution in [1.82, 2.24) is 4.98 Å². The zero-order chi connectivity index (χ0) is 11.2. The maximum atomic E-state index is 11.8. The Kier molecular flexibility index (Phi) is 2.34. The molecular weight excluding hydrogens is 258 g/mol. The second-order valence-electron chi connectivity index (χ2n) is 4.78. The Hall–Kier alpha value is -0.900. The topological polar surface area (TPSA) is 49.9 Å². The molecule has 0 unspecified atom stereocenters. The first-order valence-corrected chi connectivity index (χ1v) is 5.63.